The standard InChI is InChI=1S/C27H22FN5OS/c28-22-7-1-4-18(14-22)11-12-33-17-25(31-32-33)19-5-2-6-21(15-19)27(34)30-24-16-20(9-10-23(24)29)26-8-3-13-35-26/h1-10,13-17H,11-12,29H2,(H,30,34). The fourth-order valence-electron chi connectivity index (χ4n) is 3.75. The molecule has 3 aromatic carbocycles. The largest absolute Gasteiger partial charge is 0.397 e. The van der Waals surface area contributed by atoms with Gasteiger partial charge in [0.2, 0.25) is 0 Å². The predicted molar refractivity (Wildman–Crippen MR) is 138 cm³/mol. The molecule has 0 bridgehead atoms. The quantitative estimate of drug-likeness (QED) is 0.283. The van der Waals surface area contributed by atoms with Gasteiger partial charge in [-0.15, -0.1) is 16.4 Å². The fourth-order valence-corrected chi connectivity index (χ4v) is 4.47. The molecule has 174 valence electrons. The van der Waals surface area contributed by atoms with E-state index in [1.54, 1.807) is 46.4 Å². The van der Waals surface area contributed by atoms with Gasteiger partial charge in [0, 0.05) is 22.5 Å². The Balaban J connectivity index is 1.30. The number of hydrogen-bond donors (Lipinski definition) is 2. The molecule has 2 aromatic heterocycles. The van der Waals surface area contributed by atoms with E-state index in [1.165, 1.54) is 12.1 Å². The van der Waals surface area contributed by atoms with Crippen LogP contribution in [0.4, 0.5) is 15.8 Å². The van der Waals surface area contributed by atoms with Crippen LogP contribution in [0.5, 0.6) is 0 Å². The van der Waals surface area contributed by atoms with Gasteiger partial charge in [-0.25, -0.2) is 4.39 Å². The van der Waals surface area contributed by atoms with Crippen molar-refractivity contribution in [3.05, 3.63) is 107 Å². The average Bonchev–Trinajstić information content (AvgIpc) is 3.57. The van der Waals surface area contributed by atoms with Crippen molar-refractivity contribution in [1.29, 1.82) is 0 Å². The Morgan fingerprint density at radius 2 is 1.89 bits per heavy atom. The number of carbonyl (C=O) groups excluding carboxylic acids is 1. The van der Waals surface area contributed by atoms with Crippen molar-refractivity contribution in [1.82, 2.24) is 15.0 Å². The number of nitrogens with two attached hydrogens (primary N) is 1. The third-order valence-corrected chi connectivity index (χ3v) is 6.50. The Bertz CT molecular complexity index is 1480. The summed E-state index contributed by atoms with van der Waals surface area (Å²) in [7, 11) is 0. The third kappa shape index (κ3) is 5.28. The zero-order valence-corrected chi connectivity index (χ0v) is 19.5. The van der Waals surface area contributed by atoms with Gasteiger partial charge < -0.3 is 11.1 Å². The molecule has 3 N–H and O–H groups in total. The summed E-state index contributed by atoms with van der Waals surface area (Å²) in [6, 6.07) is 23.3. The maximum Gasteiger partial charge on any atom is 0.255 e. The lowest BCUT2D eigenvalue weighted by Crippen LogP contribution is -2.13. The van der Waals surface area contributed by atoms with E-state index < -0.39 is 0 Å². The van der Waals surface area contributed by atoms with Crippen molar-refractivity contribution in [3.63, 3.8) is 0 Å². The number of aryl methyl sites for hydroxylation is 2. The van der Waals surface area contributed by atoms with Crippen LogP contribution < -0.4 is 11.1 Å². The zero-order valence-electron chi connectivity index (χ0n) is 18.7. The highest BCUT2D eigenvalue weighted by Gasteiger charge is 2.12. The highest BCUT2D eigenvalue weighted by molar-refractivity contribution is 7.13. The highest BCUT2D eigenvalue weighted by atomic mass is 32.1. The van der Waals surface area contributed by atoms with Gasteiger partial charge in [-0.1, -0.05) is 41.6 Å². The van der Waals surface area contributed by atoms with Gasteiger partial charge >= 0.3 is 0 Å². The molecule has 8 heteroatoms. The highest BCUT2D eigenvalue weighted by Crippen LogP contribution is 2.30. The molecule has 35 heavy (non-hydrogen) atoms. The number of halogens is 1. The van der Waals surface area contributed by atoms with Crippen LogP contribution in [0, 0.1) is 5.82 Å². The van der Waals surface area contributed by atoms with E-state index in [0.29, 0.717) is 35.6 Å². The maximum absolute atomic E-state index is 13.4. The van der Waals surface area contributed by atoms with Gasteiger partial charge in [-0.05, 0) is 65.4 Å². The average molecular weight is 484 g/mol. The van der Waals surface area contributed by atoms with Crippen LogP contribution in [0.3, 0.4) is 0 Å². The summed E-state index contributed by atoms with van der Waals surface area (Å²) in [6.07, 6.45) is 2.45. The Morgan fingerprint density at radius 3 is 2.71 bits per heavy atom. The van der Waals surface area contributed by atoms with Crippen LogP contribution >= 0.6 is 11.3 Å². The molecule has 5 aromatic rings. The first kappa shape index (κ1) is 22.5. The molecular formula is C27H22FN5OS. The lowest BCUT2D eigenvalue weighted by Gasteiger charge is -2.10. The van der Waals surface area contributed by atoms with Gasteiger partial charge in [0.1, 0.15) is 11.5 Å². The van der Waals surface area contributed by atoms with Crippen molar-refractivity contribution < 1.29 is 9.18 Å². The van der Waals surface area contributed by atoms with E-state index in [1.807, 2.05) is 48.0 Å². The number of nitrogens with zero attached hydrogens (tertiary/aromatic N) is 3. The molecule has 0 aliphatic rings. The molecule has 2 heterocycles. The zero-order chi connectivity index (χ0) is 24.2. The summed E-state index contributed by atoms with van der Waals surface area (Å²) in [6.45, 7) is 0.566. The van der Waals surface area contributed by atoms with Crippen LogP contribution in [0.25, 0.3) is 21.7 Å². The number of amides is 1. The first-order chi connectivity index (χ1) is 17.0. The molecule has 5 rings (SSSR count). The van der Waals surface area contributed by atoms with E-state index in [-0.39, 0.29) is 11.7 Å². The molecule has 0 unspecified atom stereocenters. The molecular weight excluding hydrogens is 461 g/mol. The van der Waals surface area contributed by atoms with Crippen molar-refractivity contribution >= 4 is 28.6 Å². The smallest absolute Gasteiger partial charge is 0.255 e. The Hall–Kier alpha value is -4.30. The number of aromatic nitrogens is 3. The van der Waals surface area contributed by atoms with Crippen molar-refractivity contribution in [2.45, 2.75) is 13.0 Å². The van der Waals surface area contributed by atoms with Crippen molar-refractivity contribution in [3.8, 4) is 21.7 Å². The van der Waals surface area contributed by atoms with Gasteiger partial charge in [0.15, 0.2) is 0 Å². The summed E-state index contributed by atoms with van der Waals surface area (Å²) < 4.78 is 15.1. The molecule has 0 aliphatic heterocycles. The normalized spacial score (nSPS) is 10.9. The summed E-state index contributed by atoms with van der Waals surface area (Å²) >= 11 is 1.63. The number of carbonyl (C=O) groups is 1. The van der Waals surface area contributed by atoms with Gasteiger partial charge in [-0.3, -0.25) is 9.48 Å². The number of nitrogen functional groups attached to an aromatic ring is 1. The summed E-state index contributed by atoms with van der Waals surface area (Å²) in [5.41, 5.74) is 11.0. The number of thiophene rings is 1. The second-order valence-electron chi connectivity index (χ2n) is 8.06. The van der Waals surface area contributed by atoms with Gasteiger partial charge in [0.25, 0.3) is 5.91 Å². The molecule has 1 amide bonds. The monoisotopic (exact) mass is 483 g/mol. The van der Waals surface area contributed by atoms with Crippen molar-refractivity contribution in [2.75, 3.05) is 11.1 Å². The van der Waals surface area contributed by atoms with Crippen LogP contribution in [0.2, 0.25) is 0 Å². The molecule has 6 nitrogen and oxygen atoms in total. The fraction of sp³-hybridized carbons (Fsp3) is 0.0741. The number of rotatable bonds is 7. The molecule has 0 radical (unpaired) electrons. The summed E-state index contributed by atoms with van der Waals surface area (Å²) in [5, 5.41) is 13.3. The van der Waals surface area contributed by atoms with Crippen LogP contribution in [-0.2, 0) is 13.0 Å². The number of anilines is 2. The molecule has 0 aliphatic carbocycles. The molecule has 0 saturated heterocycles. The van der Waals surface area contributed by atoms with Gasteiger partial charge in [0.05, 0.1) is 17.6 Å². The van der Waals surface area contributed by atoms with Crippen molar-refractivity contribution in [2.24, 2.45) is 0 Å². The Kier molecular flexibility index (Phi) is 6.36. The second kappa shape index (κ2) is 9.90. The Labute approximate surface area is 205 Å². The number of hydrogen-bond acceptors (Lipinski definition) is 5. The first-order valence-electron chi connectivity index (χ1n) is 11.0. The predicted octanol–water partition coefficient (Wildman–Crippen LogP) is 5.89. The van der Waals surface area contributed by atoms with E-state index >= 15 is 0 Å². The van der Waals surface area contributed by atoms with E-state index in [9.17, 15) is 9.18 Å². The van der Waals surface area contributed by atoms with Gasteiger partial charge in [-0.2, -0.15) is 0 Å². The van der Waals surface area contributed by atoms with E-state index in [4.69, 9.17) is 5.73 Å². The summed E-state index contributed by atoms with van der Waals surface area (Å²) in [4.78, 5) is 14.1. The maximum atomic E-state index is 13.4. The molecule has 0 fully saturated rings. The topological polar surface area (TPSA) is 85.8 Å². The second-order valence-corrected chi connectivity index (χ2v) is 9.01. The first-order valence-corrected chi connectivity index (χ1v) is 11.9. The molecule has 0 spiro atoms. The minimum atomic E-state index is -0.264. The SMILES string of the molecule is Nc1ccc(-c2cccs2)cc1NC(=O)c1cccc(-c2cn(CCc3cccc(F)c3)nn2)c1. The van der Waals surface area contributed by atoms with Crippen LogP contribution in [0.15, 0.2) is 90.4 Å². The molecule has 0 atom stereocenters. The van der Waals surface area contributed by atoms with E-state index in [0.717, 1.165) is 21.6 Å². The lowest BCUT2D eigenvalue weighted by molar-refractivity contribution is 0.102. The van der Waals surface area contributed by atoms with Crippen LogP contribution in [-0.4, -0.2) is 20.9 Å². The summed E-state index contributed by atoms with van der Waals surface area (Å²) in [5.74, 6) is -0.516. The minimum absolute atomic E-state index is 0.253. The molecule has 0 saturated carbocycles. The number of nitrogens with one attached hydrogen (secondary N) is 1. The Morgan fingerprint density at radius 1 is 1.00 bits per heavy atom. The third-order valence-electron chi connectivity index (χ3n) is 5.58. The minimum Gasteiger partial charge on any atom is -0.397 e. The van der Waals surface area contributed by atoms with E-state index in [2.05, 4.69) is 15.6 Å². The number of benzene rings is 3. The lowest BCUT2D eigenvalue weighted by atomic mass is 10.1. The van der Waals surface area contributed by atoms with Crippen LogP contribution in [0.1, 0.15) is 15.9 Å².